The minimum atomic E-state index is -0.354. The molecule has 1 amide bonds. The number of carbonyl (C=O) groups is 1. The molecule has 0 radical (unpaired) electrons. The van der Waals surface area contributed by atoms with E-state index in [-0.39, 0.29) is 11.7 Å². The highest BCUT2D eigenvalue weighted by Gasteiger charge is 2.25. The van der Waals surface area contributed by atoms with Gasteiger partial charge < -0.3 is 0 Å². The van der Waals surface area contributed by atoms with Crippen LogP contribution in [-0.2, 0) is 5.75 Å². The first-order valence-electron chi connectivity index (χ1n) is 7.12. The van der Waals surface area contributed by atoms with Crippen LogP contribution in [0.15, 0.2) is 53.5 Å². The molecule has 0 aromatic heterocycles. The van der Waals surface area contributed by atoms with Crippen LogP contribution in [-0.4, -0.2) is 29.1 Å². The standard InChI is InChI=1S/C17H14ClFN2OS/c18-14-3-1-2-12(10-14)11-23-17-20-8-9-21(17)16(22)13-4-6-15(19)7-5-13/h1-7,10H,8-9,11H2. The number of amidine groups is 1. The topological polar surface area (TPSA) is 32.7 Å². The molecule has 6 heteroatoms. The summed E-state index contributed by atoms with van der Waals surface area (Å²) in [6.45, 7) is 1.14. The lowest BCUT2D eigenvalue weighted by atomic mass is 10.2. The monoisotopic (exact) mass is 348 g/mol. The van der Waals surface area contributed by atoms with Crippen molar-refractivity contribution in [2.75, 3.05) is 13.1 Å². The van der Waals surface area contributed by atoms with Gasteiger partial charge in [0.25, 0.3) is 5.91 Å². The summed E-state index contributed by atoms with van der Waals surface area (Å²) >= 11 is 7.48. The minimum Gasteiger partial charge on any atom is -0.286 e. The second-order valence-corrected chi connectivity index (χ2v) is 6.43. The molecule has 0 saturated carbocycles. The molecular formula is C17H14ClFN2OS. The second kappa shape index (κ2) is 7.15. The Morgan fingerprint density at radius 1 is 1.26 bits per heavy atom. The normalized spacial score (nSPS) is 14.0. The highest BCUT2D eigenvalue weighted by molar-refractivity contribution is 8.13. The third-order valence-corrected chi connectivity index (χ3v) is 4.72. The van der Waals surface area contributed by atoms with E-state index in [1.807, 2.05) is 24.3 Å². The number of aliphatic imine (C=N–C) groups is 1. The van der Waals surface area contributed by atoms with Gasteiger partial charge in [0.1, 0.15) is 5.82 Å². The predicted molar refractivity (Wildman–Crippen MR) is 92.5 cm³/mol. The van der Waals surface area contributed by atoms with E-state index in [4.69, 9.17) is 11.6 Å². The number of hydrogen-bond donors (Lipinski definition) is 0. The van der Waals surface area contributed by atoms with E-state index in [0.717, 1.165) is 5.56 Å². The lowest BCUT2D eigenvalue weighted by molar-refractivity contribution is 0.0860. The second-order valence-electron chi connectivity index (χ2n) is 5.05. The average molecular weight is 349 g/mol. The molecule has 0 bridgehead atoms. The molecule has 3 rings (SSSR count). The van der Waals surface area contributed by atoms with Crippen molar-refractivity contribution in [3.63, 3.8) is 0 Å². The first-order chi connectivity index (χ1) is 11.1. The van der Waals surface area contributed by atoms with E-state index < -0.39 is 0 Å². The van der Waals surface area contributed by atoms with Gasteiger partial charge in [-0.2, -0.15) is 0 Å². The number of carbonyl (C=O) groups excluding carboxylic acids is 1. The summed E-state index contributed by atoms with van der Waals surface area (Å²) < 4.78 is 13.0. The summed E-state index contributed by atoms with van der Waals surface area (Å²) in [6.07, 6.45) is 0. The summed E-state index contributed by atoms with van der Waals surface area (Å²) in [5.41, 5.74) is 1.54. The molecule has 3 nitrogen and oxygen atoms in total. The lowest BCUT2D eigenvalue weighted by Gasteiger charge is -2.18. The van der Waals surface area contributed by atoms with Crippen molar-refractivity contribution in [1.29, 1.82) is 0 Å². The molecule has 0 atom stereocenters. The van der Waals surface area contributed by atoms with Crippen LogP contribution in [0.1, 0.15) is 15.9 Å². The average Bonchev–Trinajstić information content (AvgIpc) is 3.01. The summed E-state index contributed by atoms with van der Waals surface area (Å²) in [4.78, 5) is 18.6. The zero-order chi connectivity index (χ0) is 16.2. The predicted octanol–water partition coefficient (Wildman–Crippen LogP) is 4.22. The van der Waals surface area contributed by atoms with Gasteiger partial charge in [0.15, 0.2) is 5.17 Å². The summed E-state index contributed by atoms with van der Waals surface area (Å²) in [5, 5.41) is 1.38. The van der Waals surface area contributed by atoms with Crippen molar-refractivity contribution in [1.82, 2.24) is 4.90 Å². The summed E-state index contributed by atoms with van der Waals surface area (Å²) in [7, 11) is 0. The zero-order valence-electron chi connectivity index (χ0n) is 12.2. The molecule has 23 heavy (non-hydrogen) atoms. The fourth-order valence-corrected chi connectivity index (χ4v) is 3.46. The number of nitrogens with zero attached hydrogens (tertiary/aromatic N) is 2. The Kier molecular flexibility index (Phi) is 4.98. The van der Waals surface area contributed by atoms with Crippen LogP contribution in [0.2, 0.25) is 5.02 Å². The number of hydrogen-bond acceptors (Lipinski definition) is 3. The first kappa shape index (κ1) is 16.0. The molecule has 1 aliphatic rings. The number of thioether (sulfide) groups is 1. The smallest absolute Gasteiger partial charge is 0.259 e. The minimum absolute atomic E-state index is 0.153. The van der Waals surface area contributed by atoms with E-state index in [2.05, 4.69) is 4.99 Å². The summed E-state index contributed by atoms with van der Waals surface area (Å²) in [5.74, 6) is 0.180. The third-order valence-electron chi connectivity index (χ3n) is 3.39. The van der Waals surface area contributed by atoms with Crippen molar-refractivity contribution in [2.24, 2.45) is 4.99 Å². The molecule has 2 aromatic carbocycles. The van der Waals surface area contributed by atoms with Crippen LogP contribution in [0.3, 0.4) is 0 Å². The zero-order valence-corrected chi connectivity index (χ0v) is 13.8. The van der Waals surface area contributed by atoms with Crippen LogP contribution in [0.5, 0.6) is 0 Å². The van der Waals surface area contributed by atoms with Crippen molar-refractivity contribution in [3.8, 4) is 0 Å². The summed E-state index contributed by atoms with van der Waals surface area (Å²) in [6, 6.07) is 13.2. The van der Waals surface area contributed by atoms with Gasteiger partial charge >= 0.3 is 0 Å². The molecule has 0 spiro atoms. The molecule has 118 valence electrons. The largest absolute Gasteiger partial charge is 0.286 e. The van der Waals surface area contributed by atoms with E-state index >= 15 is 0 Å². The van der Waals surface area contributed by atoms with Crippen molar-refractivity contribution >= 4 is 34.4 Å². The number of halogens is 2. The van der Waals surface area contributed by atoms with Gasteiger partial charge in [-0.05, 0) is 42.0 Å². The Labute approximate surface area is 143 Å². The van der Waals surface area contributed by atoms with Gasteiger partial charge in [-0.1, -0.05) is 35.5 Å². The Morgan fingerprint density at radius 2 is 2.04 bits per heavy atom. The molecule has 0 aliphatic carbocycles. The van der Waals surface area contributed by atoms with Gasteiger partial charge in [-0.25, -0.2) is 4.39 Å². The molecule has 0 saturated heterocycles. The van der Waals surface area contributed by atoms with Gasteiger partial charge in [-0.15, -0.1) is 0 Å². The van der Waals surface area contributed by atoms with Crippen LogP contribution in [0, 0.1) is 5.82 Å². The van der Waals surface area contributed by atoms with Gasteiger partial charge in [0.05, 0.1) is 6.54 Å². The number of rotatable bonds is 3. The lowest BCUT2D eigenvalue weighted by Crippen LogP contribution is -2.32. The first-order valence-corrected chi connectivity index (χ1v) is 8.49. The maximum Gasteiger partial charge on any atom is 0.259 e. The van der Waals surface area contributed by atoms with Gasteiger partial charge in [0.2, 0.25) is 0 Å². The van der Waals surface area contributed by atoms with Gasteiger partial charge in [-0.3, -0.25) is 14.7 Å². The molecule has 1 aliphatic heterocycles. The van der Waals surface area contributed by atoms with E-state index in [0.29, 0.717) is 34.6 Å². The number of amides is 1. The highest BCUT2D eigenvalue weighted by Crippen LogP contribution is 2.22. The van der Waals surface area contributed by atoms with Crippen molar-refractivity contribution < 1.29 is 9.18 Å². The number of benzene rings is 2. The van der Waals surface area contributed by atoms with Gasteiger partial charge in [0, 0.05) is 22.9 Å². The fourth-order valence-electron chi connectivity index (χ4n) is 2.26. The third kappa shape index (κ3) is 3.92. The quantitative estimate of drug-likeness (QED) is 0.831. The van der Waals surface area contributed by atoms with Crippen LogP contribution >= 0.6 is 23.4 Å². The fraction of sp³-hybridized carbons (Fsp3) is 0.176. The SMILES string of the molecule is O=C(c1ccc(F)cc1)N1CCN=C1SCc1cccc(Cl)c1. The maximum absolute atomic E-state index is 13.0. The molecule has 1 heterocycles. The maximum atomic E-state index is 13.0. The molecule has 0 fully saturated rings. The van der Waals surface area contributed by atoms with Crippen LogP contribution in [0.4, 0.5) is 4.39 Å². The van der Waals surface area contributed by atoms with Crippen molar-refractivity contribution in [3.05, 3.63) is 70.5 Å². The van der Waals surface area contributed by atoms with Crippen LogP contribution < -0.4 is 0 Å². The Hall–Kier alpha value is -1.85. The molecule has 0 N–H and O–H groups in total. The van der Waals surface area contributed by atoms with E-state index in [9.17, 15) is 9.18 Å². The Morgan fingerprint density at radius 3 is 2.78 bits per heavy atom. The van der Waals surface area contributed by atoms with Crippen LogP contribution in [0.25, 0.3) is 0 Å². The van der Waals surface area contributed by atoms with E-state index in [1.54, 1.807) is 4.90 Å². The van der Waals surface area contributed by atoms with E-state index in [1.165, 1.54) is 36.0 Å². The molecule has 2 aromatic rings. The highest BCUT2D eigenvalue weighted by atomic mass is 35.5. The molecular weight excluding hydrogens is 335 g/mol. The Balaban J connectivity index is 1.67. The molecule has 0 unspecified atom stereocenters. The van der Waals surface area contributed by atoms with Crippen molar-refractivity contribution in [2.45, 2.75) is 5.75 Å². The Bertz CT molecular complexity index is 749.